The van der Waals surface area contributed by atoms with Crippen LogP contribution in [0.5, 0.6) is 5.75 Å². The van der Waals surface area contributed by atoms with E-state index in [2.05, 4.69) is 0 Å². The average Bonchev–Trinajstić information content (AvgIpc) is 3.23. The second kappa shape index (κ2) is 9.19. The quantitative estimate of drug-likeness (QED) is 0.527. The molecule has 0 aliphatic carbocycles. The predicted molar refractivity (Wildman–Crippen MR) is 118 cm³/mol. The Morgan fingerprint density at radius 1 is 1.03 bits per heavy atom. The highest BCUT2D eigenvalue weighted by atomic mass is 32.2. The van der Waals surface area contributed by atoms with Crippen molar-refractivity contribution in [1.82, 2.24) is 0 Å². The smallest absolute Gasteiger partial charge is 0.303 e. The Kier molecular flexibility index (Phi) is 6.33. The Morgan fingerprint density at radius 2 is 1.79 bits per heavy atom. The van der Waals surface area contributed by atoms with Crippen molar-refractivity contribution in [2.45, 2.75) is 30.8 Å². The number of anilines is 1. The number of carboxylic acids is 1. The van der Waals surface area contributed by atoms with Gasteiger partial charge in [-0.25, -0.2) is 17.2 Å². The summed E-state index contributed by atoms with van der Waals surface area (Å²) in [7, 11) is -3.90. The van der Waals surface area contributed by atoms with E-state index >= 15 is 0 Å². The zero-order valence-electron chi connectivity index (χ0n) is 17.5. The summed E-state index contributed by atoms with van der Waals surface area (Å²) in [5.74, 6) is -1.85. The van der Waals surface area contributed by atoms with Gasteiger partial charge < -0.3 is 9.84 Å². The van der Waals surface area contributed by atoms with Crippen molar-refractivity contribution in [3.8, 4) is 5.75 Å². The van der Waals surface area contributed by atoms with Crippen LogP contribution >= 0.6 is 0 Å². The first-order valence-electron chi connectivity index (χ1n) is 10.3. The summed E-state index contributed by atoms with van der Waals surface area (Å²) in [5, 5.41) is 8.76. The van der Waals surface area contributed by atoms with Crippen LogP contribution in [0.3, 0.4) is 0 Å². The Hall–Kier alpha value is -3.46. The van der Waals surface area contributed by atoms with Gasteiger partial charge in [0.1, 0.15) is 24.0 Å². The maximum absolute atomic E-state index is 14.3. The molecule has 1 aliphatic rings. The number of para-hydroxylation sites is 1. The van der Waals surface area contributed by atoms with E-state index in [-0.39, 0.29) is 42.2 Å². The number of nitrogens with zero attached hydrogens (tertiary/aromatic N) is 1. The molecule has 3 aromatic carbocycles. The van der Waals surface area contributed by atoms with Gasteiger partial charge in [0.05, 0.1) is 10.6 Å². The highest BCUT2D eigenvalue weighted by molar-refractivity contribution is 7.92. The van der Waals surface area contributed by atoms with Crippen LogP contribution in [0.25, 0.3) is 0 Å². The Morgan fingerprint density at radius 3 is 2.48 bits per heavy atom. The fraction of sp³-hybridized carbons (Fsp3) is 0.208. The number of carbonyl (C=O) groups is 1. The minimum absolute atomic E-state index is 0.00647. The summed E-state index contributed by atoms with van der Waals surface area (Å²) in [6, 6.07) is 14.3. The molecule has 1 heterocycles. The summed E-state index contributed by atoms with van der Waals surface area (Å²) < 4.78 is 61.0. The minimum Gasteiger partial charge on any atom is -0.489 e. The van der Waals surface area contributed by atoms with Crippen molar-refractivity contribution in [1.29, 1.82) is 0 Å². The van der Waals surface area contributed by atoms with Crippen LogP contribution < -0.4 is 9.04 Å². The normalized spacial score (nSPS) is 13.1. The summed E-state index contributed by atoms with van der Waals surface area (Å²) in [4.78, 5) is 10.7. The molecule has 0 unspecified atom stereocenters. The number of hydrogen-bond donors (Lipinski definition) is 1. The van der Waals surface area contributed by atoms with E-state index in [1.165, 1.54) is 28.6 Å². The standard InChI is InChI=1S/C24H21F2NO5S/c25-19-6-9-21(10-7-19)33(30,31)27-13-12-17-2-1-3-18(24(17)27)15-32-20-8-4-16(22(26)14-20)5-11-23(28)29/h1-4,6-10,14H,5,11-13,15H2,(H,28,29). The highest BCUT2D eigenvalue weighted by Gasteiger charge is 2.32. The van der Waals surface area contributed by atoms with Crippen LogP contribution in [0, 0.1) is 11.6 Å². The van der Waals surface area contributed by atoms with Gasteiger partial charge in [-0.2, -0.15) is 0 Å². The molecule has 172 valence electrons. The maximum Gasteiger partial charge on any atom is 0.303 e. The summed E-state index contributed by atoms with van der Waals surface area (Å²) in [6.07, 6.45) is 0.423. The molecule has 0 saturated carbocycles. The highest BCUT2D eigenvalue weighted by Crippen LogP contribution is 2.36. The molecule has 3 aromatic rings. The van der Waals surface area contributed by atoms with Crippen molar-refractivity contribution < 1.29 is 31.8 Å². The van der Waals surface area contributed by atoms with E-state index in [0.29, 0.717) is 17.7 Å². The molecular formula is C24H21F2NO5S. The number of benzene rings is 3. The third kappa shape index (κ3) is 4.83. The molecule has 33 heavy (non-hydrogen) atoms. The lowest BCUT2D eigenvalue weighted by molar-refractivity contribution is -0.136. The zero-order valence-corrected chi connectivity index (χ0v) is 18.3. The molecule has 9 heteroatoms. The molecular weight excluding hydrogens is 452 g/mol. The second-order valence-corrected chi connectivity index (χ2v) is 9.50. The molecule has 0 bridgehead atoms. The van der Waals surface area contributed by atoms with E-state index < -0.39 is 27.6 Å². The van der Waals surface area contributed by atoms with Crippen molar-refractivity contribution in [3.05, 3.63) is 89.0 Å². The molecule has 6 nitrogen and oxygen atoms in total. The number of rotatable bonds is 8. The van der Waals surface area contributed by atoms with Crippen LogP contribution in [0.2, 0.25) is 0 Å². The van der Waals surface area contributed by atoms with E-state index in [0.717, 1.165) is 17.7 Å². The predicted octanol–water partition coefficient (Wildman–Crippen LogP) is 4.31. The SMILES string of the molecule is O=C(O)CCc1ccc(OCc2cccc3c2N(S(=O)(=O)c2ccc(F)cc2)CC3)cc1F. The number of ether oxygens (including phenoxy) is 1. The molecule has 0 amide bonds. The Balaban J connectivity index is 1.56. The van der Waals surface area contributed by atoms with Gasteiger partial charge in [0, 0.05) is 24.6 Å². The maximum atomic E-state index is 14.3. The first kappa shape index (κ1) is 22.7. The van der Waals surface area contributed by atoms with Crippen LogP contribution in [-0.4, -0.2) is 26.0 Å². The molecule has 0 aromatic heterocycles. The number of carboxylic acid groups (broad SMARTS) is 1. The van der Waals surface area contributed by atoms with E-state index in [1.807, 2.05) is 6.07 Å². The fourth-order valence-electron chi connectivity index (χ4n) is 3.81. The van der Waals surface area contributed by atoms with Crippen molar-refractivity contribution >= 4 is 21.7 Å². The second-order valence-electron chi connectivity index (χ2n) is 7.64. The van der Waals surface area contributed by atoms with Gasteiger partial charge in [-0.3, -0.25) is 9.10 Å². The minimum atomic E-state index is -3.90. The van der Waals surface area contributed by atoms with Gasteiger partial charge in [-0.05, 0) is 54.3 Å². The van der Waals surface area contributed by atoms with E-state index in [1.54, 1.807) is 18.2 Å². The van der Waals surface area contributed by atoms with E-state index in [4.69, 9.17) is 9.84 Å². The molecule has 4 rings (SSSR count). The van der Waals surface area contributed by atoms with E-state index in [9.17, 15) is 22.0 Å². The van der Waals surface area contributed by atoms with Crippen LogP contribution in [0.1, 0.15) is 23.1 Å². The van der Waals surface area contributed by atoms with Gasteiger partial charge in [-0.1, -0.05) is 24.3 Å². The van der Waals surface area contributed by atoms with Crippen molar-refractivity contribution in [2.75, 3.05) is 10.8 Å². The summed E-state index contributed by atoms with van der Waals surface area (Å²) >= 11 is 0. The number of fused-ring (bicyclic) bond motifs is 1. The number of halogens is 2. The van der Waals surface area contributed by atoms with Crippen molar-refractivity contribution in [2.24, 2.45) is 0 Å². The summed E-state index contributed by atoms with van der Waals surface area (Å²) in [6.45, 7) is 0.255. The average molecular weight is 473 g/mol. The molecule has 0 spiro atoms. The van der Waals surface area contributed by atoms with Gasteiger partial charge in [0.2, 0.25) is 0 Å². The largest absolute Gasteiger partial charge is 0.489 e. The van der Waals surface area contributed by atoms with Crippen LogP contribution in [-0.2, 0) is 34.3 Å². The Bertz CT molecular complexity index is 1290. The number of hydrogen-bond acceptors (Lipinski definition) is 4. The van der Waals surface area contributed by atoms with Crippen molar-refractivity contribution in [3.63, 3.8) is 0 Å². The molecule has 0 atom stereocenters. The molecule has 0 radical (unpaired) electrons. The number of aryl methyl sites for hydroxylation is 1. The third-order valence-electron chi connectivity index (χ3n) is 5.47. The monoisotopic (exact) mass is 473 g/mol. The molecule has 1 N–H and O–H groups in total. The molecule has 0 fully saturated rings. The lowest BCUT2D eigenvalue weighted by Gasteiger charge is -2.22. The zero-order chi connectivity index (χ0) is 23.6. The lowest BCUT2D eigenvalue weighted by atomic mass is 10.1. The number of sulfonamides is 1. The van der Waals surface area contributed by atoms with Gasteiger partial charge in [0.25, 0.3) is 10.0 Å². The molecule has 0 saturated heterocycles. The van der Waals surface area contributed by atoms with Gasteiger partial charge >= 0.3 is 5.97 Å². The number of aliphatic carboxylic acids is 1. The van der Waals surface area contributed by atoms with Crippen LogP contribution in [0.4, 0.5) is 14.5 Å². The van der Waals surface area contributed by atoms with Gasteiger partial charge in [0.15, 0.2) is 0 Å². The summed E-state index contributed by atoms with van der Waals surface area (Å²) in [5.41, 5.74) is 2.25. The van der Waals surface area contributed by atoms with Crippen LogP contribution in [0.15, 0.2) is 65.6 Å². The lowest BCUT2D eigenvalue weighted by Crippen LogP contribution is -2.30. The first-order valence-corrected chi connectivity index (χ1v) is 11.7. The third-order valence-corrected chi connectivity index (χ3v) is 7.28. The van der Waals surface area contributed by atoms with Gasteiger partial charge in [-0.15, -0.1) is 0 Å². The first-order chi connectivity index (χ1) is 15.8. The molecule has 1 aliphatic heterocycles. The fourth-order valence-corrected chi connectivity index (χ4v) is 5.36. The topological polar surface area (TPSA) is 83.9 Å². The Labute approximate surface area is 190 Å².